The zero-order valence-corrected chi connectivity index (χ0v) is 10.2. The Morgan fingerprint density at radius 2 is 2.25 bits per heavy atom. The highest BCUT2D eigenvalue weighted by Crippen LogP contribution is 2.27. The van der Waals surface area contributed by atoms with Gasteiger partial charge in [0, 0.05) is 0 Å². The minimum absolute atomic E-state index is 0.172. The molecule has 0 atom stereocenters. The molecule has 0 spiro atoms. The van der Waals surface area contributed by atoms with Gasteiger partial charge in [0.2, 0.25) is 0 Å². The monoisotopic (exact) mass is 256 g/mol. The van der Waals surface area contributed by atoms with E-state index in [0.717, 1.165) is 11.3 Å². The van der Waals surface area contributed by atoms with Crippen LogP contribution in [0, 0.1) is 6.92 Å². The van der Waals surface area contributed by atoms with Crippen molar-refractivity contribution in [1.82, 2.24) is 9.97 Å². The average molecular weight is 256 g/mol. The maximum Gasteiger partial charge on any atom is 0.346 e. The molecule has 0 saturated heterocycles. The number of aromatic carboxylic acids is 1. The molecule has 2 aromatic rings. The molecule has 5 nitrogen and oxygen atoms in total. The number of aromatic nitrogens is 2. The highest BCUT2D eigenvalue weighted by Gasteiger charge is 2.18. The molecule has 0 saturated carbocycles. The lowest BCUT2D eigenvalue weighted by Gasteiger charge is -1.95. The quantitative estimate of drug-likeness (QED) is 0.631. The van der Waals surface area contributed by atoms with E-state index in [1.165, 1.54) is 11.8 Å². The fraction of sp³-hybridized carbons (Fsp3) is 0.222. The van der Waals surface area contributed by atoms with Crippen LogP contribution in [-0.2, 0) is 0 Å². The third-order valence-corrected chi connectivity index (χ3v) is 3.92. The summed E-state index contributed by atoms with van der Waals surface area (Å²) in [6, 6.07) is 0. The first-order valence-electron chi connectivity index (χ1n) is 4.35. The van der Waals surface area contributed by atoms with Crippen LogP contribution in [0.5, 0.6) is 0 Å². The van der Waals surface area contributed by atoms with E-state index >= 15 is 0 Å². The molecule has 2 N–H and O–H groups in total. The second-order valence-electron chi connectivity index (χ2n) is 3.12. The maximum atomic E-state index is 11.7. The molecule has 7 heteroatoms. The fourth-order valence-electron chi connectivity index (χ4n) is 1.42. The highest BCUT2D eigenvalue weighted by atomic mass is 32.2. The van der Waals surface area contributed by atoms with Crippen molar-refractivity contribution < 1.29 is 9.90 Å². The number of thioether (sulfide) groups is 1. The highest BCUT2D eigenvalue weighted by molar-refractivity contribution is 7.98. The Labute approximate surface area is 98.5 Å². The van der Waals surface area contributed by atoms with Gasteiger partial charge in [0.25, 0.3) is 5.56 Å². The molecular weight excluding hydrogens is 248 g/mol. The number of hydrogen-bond acceptors (Lipinski definition) is 5. The van der Waals surface area contributed by atoms with E-state index < -0.39 is 5.97 Å². The SMILES string of the molecule is CSc1nc2sc(C(=O)O)c(C)c2c(=O)[nH]1. The summed E-state index contributed by atoms with van der Waals surface area (Å²) in [4.78, 5) is 30.1. The van der Waals surface area contributed by atoms with Crippen molar-refractivity contribution in [1.29, 1.82) is 0 Å². The van der Waals surface area contributed by atoms with Crippen LogP contribution in [0.15, 0.2) is 9.95 Å². The van der Waals surface area contributed by atoms with Crippen molar-refractivity contribution in [2.75, 3.05) is 6.26 Å². The van der Waals surface area contributed by atoms with Gasteiger partial charge in [-0.2, -0.15) is 0 Å². The molecule has 2 aromatic heterocycles. The van der Waals surface area contributed by atoms with Crippen molar-refractivity contribution in [3.8, 4) is 0 Å². The molecule has 0 bridgehead atoms. The summed E-state index contributed by atoms with van der Waals surface area (Å²) in [7, 11) is 0. The molecule has 0 unspecified atom stereocenters. The van der Waals surface area contributed by atoms with Gasteiger partial charge < -0.3 is 10.1 Å². The summed E-state index contributed by atoms with van der Waals surface area (Å²) < 4.78 is 0. The molecule has 0 radical (unpaired) electrons. The van der Waals surface area contributed by atoms with Gasteiger partial charge in [-0.25, -0.2) is 9.78 Å². The number of rotatable bonds is 2. The predicted octanol–water partition coefficient (Wildman–Crippen LogP) is 1.71. The third kappa shape index (κ3) is 1.61. The smallest absolute Gasteiger partial charge is 0.346 e. The van der Waals surface area contributed by atoms with Crippen molar-refractivity contribution in [3.05, 3.63) is 20.8 Å². The maximum absolute atomic E-state index is 11.7. The van der Waals surface area contributed by atoms with Gasteiger partial charge >= 0.3 is 5.97 Å². The van der Waals surface area contributed by atoms with Crippen LogP contribution >= 0.6 is 23.1 Å². The zero-order valence-electron chi connectivity index (χ0n) is 8.53. The van der Waals surface area contributed by atoms with Crippen LogP contribution in [0.1, 0.15) is 15.2 Å². The largest absolute Gasteiger partial charge is 0.477 e. The zero-order chi connectivity index (χ0) is 11.9. The number of aromatic amines is 1. The van der Waals surface area contributed by atoms with E-state index in [1.807, 2.05) is 0 Å². The molecule has 0 aliphatic carbocycles. The number of H-pyrrole nitrogens is 1. The molecule has 0 aromatic carbocycles. The van der Waals surface area contributed by atoms with E-state index in [-0.39, 0.29) is 10.4 Å². The standard InChI is InChI=1S/C9H8N2O3S2/c1-3-4-6(12)10-9(15-2)11-7(4)16-5(3)8(13)14/h1-2H3,(H,13,14)(H,10,11,12). The molecule has 0 aliphatic rings. The number of fused-ring (bicyclic) bond motifs is 1. The number of nitrogens with one attached hydrogen (secondary N) is 1. The van der Waals surface area contributed by atoms with Gasteiger partial charge in [0.15, 0.2) is 5.16 Å². The average Bonchev–Trinajstić information content (AvgIpc) is 2.56. The second kappa shape index (κ2) is 3.91. The minimum atomic E-state index is -1.02. The molecule has 0 amide bonds. The number of carboxylic acids is 1. The number of thiophene rings is 1. The molecule has 0 fully saturated rings. The van der Waals surface area contributed by atoms with Gasteiger partial charge in [0.05, 0.1) is 5.39 Å². The molecule has 2 heterocycles. The summed E-state index contributed by atoms with van der Waals surface area (Å²) >= 11 is 2.35. The van der Waals surface area contributed by atoms with Crippen molar-refractivity contribution in [2.45, 2.75) is 12.1 Å². The van der Waals surface area contributed by atoms with Crippen LogP contribution in [-0.4, -0.2) is 27.3 Å². The lowest BCUT2D eigenvalue weighted by Crippen LogP contribution is -2.08. The first-order chi connectivity index (χ1) is 7.54. The Bertz CT molecular complexity index is 629. The summed E-state index contributed by atoms with van der Waals surface area (Å²) in [5.74, 6) is -1.02. The normalized spacial score (nSPS) is 10.9. The summed E-state index contributed by atoms with van der Waals surface area (Å²) in [5.41, 5.74) is 0.199. The van der Waals surface area contributed by atoms with Crippen LogP contribution in [0.4, 0.5) is 0 Å². The number of hydrogen-bond donors (Lipinski definition) is 2. The summed E-state index contributed by atoms with van der Waals surface area (Å²) in [6.07, 6.45) is 1.79. The Morgan fingerprint density at radius 1 is 1.56 bits per heavy atom. The molecule has 0 aliphatic heterocycles. The van der Waals surface area contributed by atoms with E-state index in [1.54, 1.807) is 13.2 Å². The molecule has 16 heavy (non-hydrogen) atoms. The van der Waals surface area contributed by atoms with Gasteiger partial charge in [-0.3, -0.25) is 4.79 Å². The molecule has 84 valence electrons. The lowest BCUT2D eigenvalue weighted by molar-refractivity contribution is 0.0701. The van der Waals surface area contributed by atoms with Gasteiger partial charge in [-0.05, 0) is 18.7 Å². The van der Waals surface area contributed by atoms with Gasteiger partial charge in [0.1, 0.15) is 9.71 Å². The summed E-state index contributed by atoms with van der Waals surface area (Å²) in [6.45, 7) is 1.62. The molecular formula is C9H8N2O3S2. The van der Waals surface area contributed by atoms with Crippen molar-refractivity contribution in [2.24, 2.45) is 0 Å². The first kappa shape index (κ1) is 11.2. The Morgan fingerprint density at radius 3 is 2.81 bits per heavy atom. The fourth-order valence-corrected chi connectivity index (χ4v) is 2.88. The van der Waals surface area contributed by atoms with Crippen molar-refractivity contribution >= 4 is 39.3 Å². The predicted molar refractivity (Wildman–Crippen MR) is 63.7 cm³/mol. The third-order valence-electron chi connectivity index (χ3n) is 2.17. The minimum Gasteiger partial charge on any atom is -0.477 e. The Kier molecular flexibility index (Phi) is 2.73. The van der Waals surface area contributed by atoms with Crippen LogP contribution in [0.25, 0.3) is 10.2 Å². The first-order valence-corrected chi connectivity index (χ1v) is 6.39. The van der Waals surface area contributed by atoms with E-state index in [2.05, 4.69) is 9.97 Å². The number of aryl methyl sites for hydroxylation is 1. The van der Waals surface area contributed by atoms with Crippen LogP contribution in [0.2, 0.25) is 0 Å². The van der Waals surface area contributed by atoms with Crippen LogP contribution in [0.3, 0.4) is 0 Å². The van der Waals surface area contributed by atoms with E-state index in [9.17, 15) is 9.59 Å². The summed E-state index contributed by atoms with van der Waals surface area (Å²) in [5, 5.41) is 9.82. The topological polar surface area (TPSA) is 83.0 Å². The number of carbonyl (C=O) groups is 1. The lowest BCUT2D eigenvalue weighted by atomic mass is 10.2. The van der Waals surface area contributed by atoms with Gasteiger partial charge in [-0.1, -0.05) is 11.8 Å². The second-order valence-corrected chi connectivity index (χ2v) is 4.91. The Balaban J connectivity index is 2.86. The van der Waals surface area contributed by atoms with Crippen LogP contribution < -0.4 is 5.56 Å². The van der Waals surface area contributed by atoms with Crippen molar-refractivity contribution in [3.63, 3.8) is 0 Å². The number of carboxylic acid groups (broad SMARTS) is 1. The number of nitrogens with zero attached hydrogens (tertiary/aromatic N) is 1. The molecule has 2 rings (SSSR count). The van der Waals surface area contributed by atoms with E-state index in [4.69, 9.17) is 5.11 Å². The van der Waals surface area contributed by atoms with E-state index in [0.29, 0.717) is 20.9 Å². The van der Waals surface area contributed by atoms with Gasteiger partial charge in [-0.15, -0.1) is 11.3 Å². The Hall–Kier alpha value is -1.34.